The minimum Gasteiger partial charge on any atom is -0.490 e. The molecule has 1 heterocycles. The van der Waals surface area contributed by atoms with Crippen molar-refractivity contribution in [2.75, 3.05) is 23.4 Å². The molecule has 0 spiro atoms. The van der Waals surface area contributed by atoms with Crippen LogP contribution in [-0.2, 0) is 9.59 Å². The molecule has 0 radical (unpaired) electrons. The number of para-hydroxylation sites is 1. The molecular weight excluding hydrogens is 492 g/mol. The van der Waals surface area contributed by atoms with Gasteiger partial charge < -0.3 is 14.8 Å². The number of hydrogen-bond donors (Lipinski definition) is 1. The van der Waals surface area contributed by atoms with Gasteiger partial charge in [-0.2, -0.15) is 0 Å². The van der Waals surface area contributed by atoms with Crippen LogP contribution in [0.4, 0.5) is 11.4 Å². The van der Waals surface area contributed by atoms with Crippen molar-refractivity contribution in [3.63, 3.8) is 0 Å². The number of anilines is 2. The summed E-state index contributed by atoms with van der Waals surface area (Å²) >= 11 is 6.76. The van der Waals surface area contributed by atoms with Gasteiger partial charge in [0.25, 0.3) is 11.8 Å². The Morgan fingerprint density at radius 2 is 1.78 bits per heavy atom. The van der Waals surface area contributed by atoms with Crippen molar-refractivity contribution in [3.05, 3.63) is 88.3 Å². The molecule has 8 heteroatoms. The van der Waals surface area contributed by atoms with E-state index in [0.717, 1.165) is 22.4 Å². The van der Waals surface area contributed by atoms with Crippen molar-refractivity contribution in [2.24, 2.45) is 0 Å². The molecule has 184 valence electrons. The maximum Gasteiger partial charge on any atom is 0.270 e. The number of thiocarbonyl (C=S) groups is 1. The predicted molar refractivity (Wildman–Crippen MR) is 150 cm³/mol. The van der Waals surface area contributed by atoms with Crippen molar-refractivity contribution in [2.45, 2.75) is 20.8 Å². The van der Waals surface area contributed by atoms with Gasteiger partial charge in [0.2, 0.25) is 0 Å². The van der Waals surface area contributed by atoms with Crippen LogP contribution in [0.1, 0.15) is 23.6 Å². The fourth-order valence-corrected chi connectivity index (χ4v) is 4.91. The van der Waals surface area contributed by atoms with E-state index in [2.05, 4.69) is 5.32 Å². The van der Waals surface area contributed by atoms with Gasteiger partial charge in [-0.1, -0.05) is 65.9 Å². The summed E-state index contributed by atoms with van der Waals surface area (Å²) < 4.78 is 12.0. The number of ether oxygens (including phenoxy) is 2. The first-order valence-electron chi connectivity index (χ1n) is 11.5. The summed E-state index contributed by atoms with van der Waals surface area (Å²) in [5.74, 6) is 0.500. The second-order valence-electron chi connectivity index (χ2n) is 8.15. The summed E-state index contributed by atoms with van der Waals surface area (Å²) in [6, 6.07) is 20.5. The molecule has 1 fully saturated rings. The van der Waals surface area contributed by atoms with Crippen LogP contribution < -0.4 is 19.7 Å². The monoisotopic (exact) mass is 518 g/mol. The molecule has 4 rings (SSSR count). The topological polar surface area (TPSA) is 67.9 Å². The van der Waals surface area contributed by atoms with E-state index in [-0.39, 0.29) is 18.4 Å². The molecule has 0 aliphatic carbocycles. The van der Waals surface area contributed by atoms with Crippen LogP contribution in [-0.4, -0.2) is 29.3 Å². The summed E-state index contributed by atoms with van der Waals surface area (Å²) in [5, 5.41) is 2.81. The van der Waals surface area contributed by atoms with Crippen LogP contribution in [0, 0.1) is 13.8 Å². The Morgan fingerprint density at radius 3 is 2.50 bits per heavy atom. The van der Waals surface area contributed by atoms with E-state index in [1.165, 1.54) is 11.8 Å². The molecule has 0 saturated carbocycles. The Balaban J connectivity index is 1.48. The van der Waals surface area contributed by atoms with E-state index in [9.17, 15) is 9.59 Å². The second-order valence-corrected chi connectivity index (χ2v) is 9.82. The van der Waals surface area contributed by atoms with E-state index in [1.807, 2.05) is 75.4 Å². The van der Waals surface area contributed by atoms with Crippen LogP contribution in [0.3, 0.4) is 0 Å². The molecular formula is C28H26N2O4S2. The van der Waals surface area contributed by atoms with Gasteiger partial charge in [0.15, 0.2) is 22.4 Å². The van der Waals surface area contributed by atoms with Gasteiger partial charge in [-0.3, -0.25) is 14.5 Å². The number of nitrogens with zero attached hydrogens (tertiary/aromatic N) is 1. The van der Waals surface area contributed by atoms with E-state index in [0.29, 0.717) is 33.0 Å². The maximum atomic E-state index is 13.1. The molecule has 0 aromatic heterocycles. The third-order valence-electron chi connectivity index (χ3n) is 5.41. The third-order valence-corrected chi connectivity index (χ3v) is 6.71. The average Bonchev–Trinajstić information content (AvgIpc) is 3.13. The van der Waals surface area contributed by atoms with E-state index in [4.69, 9.17) is 21.7 Å². The molecule has 0 bridgehead atoms. The lowest BCUT2D eigenvalue weighted by Crippen LogP contribution is -2.28. The standard InChI is InChI=1S/C28H26N2O4S2/c1-4-33-24-15-20(11-14-23(24)34-17-26(31)29-21-12-9-18(2)10-13-21)16-25-27(32)30(28(35)36-25)22-8-6-5-7-19(22)3/h5-16H,4,17H2,1-3H3,(H,29,31)/b25-16-. The zero-order valence-corrected chi connectivity index (χ0v) is 21.9. The lowest BCUT2D eigenvalue weighted by molar-refractivity contribution is -0.118. The number of rotatable bonds is 8. The normalized spacial score (nSPS) is 14.3. The van der Waals surface area contributed by atoms with E-state index < -0.39 is 0 Å². The van der Waals surface area contributed by atoms with Crippen molar-refractivity contribution >= 4 is 57.6 Å². The fraction of sp³-hybridized carbons (Fsp3) is 0.179. The quantitative estimate of drug-likeness (QED) is 0.286. The smallest absolute Gasteiger partial charge is 0.270 e. The SMILES string of the molecule is CCOc1cc(/C=C2\SC(=S)N(c3ccccc3C)C2=O)ccc1OCC(=O)Nc1ccc(C)cc1. The van der Waals surface area contributed by atoms with E-state index in [1.54, 1.807) is 23.1 Å². The number of hydrogen-bond acceptors (Lipinski definition) is 6. The molecule has 2 amide bonds. The molecule has 1 aliphatic rings. The zero-order valence-electron chi connectivity index (χ0n) is 20.2. The number of benzene rings is 3. The predicted octanol–water partition coefficient (Wildman–Crippen LogP) is 6.13. The molecule has 1 saturated heterocycles. The van der Waals surface area contributed by atoms with Crippen LogP contribution >= 0.6 is 24.0 Å². The summed E-state index contributed by atoms with van der Waals surface area (Å²) in [7, 11) is 0. The van der Waals surface area contributed by atoms with Gasteiger partial charge in [-0.15, -0.1) is 0 Å². The summed E-state index contributed by atoms with van der Waals surface area (Å²) in [6.45, 7) is 6.06. The van der Waals surface area contributed by atoms with Crippen LogP contribution in [0.25, 0.3) is 6.08 Å². The highest BCUT2D eigenvalue weighted by Crippen LogP contribution is 2.38. The van der Waals surface area contributed by atoms with E-state index >= 15 is 0 Å². The number of carbonyl (C=O) groups excluding carboxylic acids is 2. The Hall–Kier alpha value is -3.62. The Bertz CT molecular complexity index is 1340. The third kappa shape index (κ3) is 5.95. The highest BCUT2D eigenvalue weighted by molar-refractivity contribution is 8.27. The van der Waals surface area contributed by atoms with Gasteiger partial charge in [0.05, 0.1) is 17.2 Å². The van der Waals surface area contributed by atoms with Crippen molar-refractivity contribution in [1.29, 1.82) is 0 Å². The van der Waals surface area contributed by atoms with Crippen LogP contribution in [0.15, 0.2) is 71.6 Å². The van der Waals surface area contributed by atoms with Gasteiger partial charge >= 0.3 is 0 Å². The summed E-state index contributed by atoms with van der Waals surface area (Å²) in [5.41, 5.74) is 4.34. The Labute approximate surface area is 220 Å². The van der Waals surface area contributed by atoms with Gasteiger partial charge in [0, 0.05) is 5.69 Å². The molecule has 3 aromatic carbocycles. The first-order valence-corrected chi connectivity index (χ1v) is 12.7. The molecule has 0 unspecified atom stereocenters. The van der Waals surface area contributed by atoms with Gasteiger partial charge in [0.1, 0.15) is 0 Å². The largest absolute Gasteiger partial charge is 0.490 e. The summed E-state index contributed by atoms with van der Waals surface area (Å²) in [4.78, 5) is 27.6. The molecule has 0 atom stereocenters. The molecule has 36 heavy (non-hydrogen) atoms. The van der Waals surface area contributed by atoms with Gasteiger partial charge in [-0.25, -0.2) is 0 Å². The molecule has 1 N–H and O–H groups in total. The Kier molecular flexibility index (Phi) is 8.07. The van der Waals surface area contributed by atoms with Crippen molar-refractivity contribution in [3.8, 4) is 11.5 Å². The highest BCUT2D eigenvalue weighted by Gasteiger charge is 2.34. The number of amides is 2. The highest BCUT2D eigenvalue weighted by atomic mass is 32.2. The summed E-state index contributed by atoms with van der Waals surface area (Å²) in [6.07, 6.45) is 1.79. The maximum absolute atomic E-state index is 13.1. The van der Waals surface area contributed by atoms with Crippen molar-refractivity contribution < 1.29 is 19.1 Å². The number of aryl methyl sites for hydroxylation is 2. The molecule has 1 aliphatic heterocycles. The zero-order chi connectivity index (χ0) is 25.7. The number of nitrogens with one attached hydrogen (secondary N) is 1. The van der Waals surface area contributed by atoms with Crippen LogP contribution in [0.5, 0.6) is 11.5 Å². The molecule has 3 aromatic rings. The molecule has 6 nitrogen and oxygen atoms in total. The first-order chi connectivity index (χ1) is 17.4. The fourth-order valence-electron chi connectivity index (χ4n) is 3.62. The number of carbonyl (C=O) groups is 2. The van der Waals surface area contributed by atoms with Crippen LogP contribution in [0.2, 0.25) is 0 Å². The second kappa shape index (κ2) is 11.4. The lowest BCUT2D eigenvalue weighted by atomic mass is 10.1. The average molecular weight is 519 g/mol. The minimum absolute atomic E-state index is 0.162. The first kappa shape index (κ1) is 25.5. The minimum atomic E-state index is -0.273. The Morgan fingerprint density at radius 1 is 1.03 bits per heavy atom. The lowest BCUT2D eigenvalue weighted by Gasteiger charge is -2.16. The number of thioether (sulfide) groups is 1. The van der Waals surface area contributed by atoms with Crippen molar-refractivity contribution in [1.82, 2.24) is 0 Å². The van der Waals surface area contributed by atoms with Gasteiger partial charge in [-0.05, 0) is 68.3 Å².